The number of ether oxygens (including phenoxy) is 2. The standard InChI is InChI=1S/C49H52N4O5/c1-57-43-30-24-41(25-31-43)49(39-15-7-3-8-16-39,40-17-9-4-10-18-40)51-32-12-11-19-46(48(56)52-42-26-20-37(34-54)21-27-42)53-47(55)45(50)33-36-22-28-44(29-23-36)58-35-38-13-5-2-6-14-38/h2-10,13-18,20-31,45-46,51,54H,11-12,19,32-35,50H2,1H3,(H,52,56)(H,53,55)/t45-,46-/m0/s1. The molecular weight excluding hydrogens is 725 g/mol. The molecule has 0 aliphatic carbocycles. The zero-order valence-corrected chi connectivity index (χ0v) is 32.9. The highest BCUT2D eigenvalue weighted by molar-refractivity contribution is 5.97. The topological polar surface area (TPSA) is 135 Å². The molecule has 6 aromatic carbocycles. The first kappa shape index (κ1) is 41.4. The molecule has 6 rings (SSSR count). The molecule has 0 unspecified atom stereocenters. The summed E-state index contributed by atoms with van der Waals surface area (Å²) < 4.78 is 11.4. The lowest BCUT2D eigenvalue weighted by molar-refractivity contribution is -0.127. The van der Waals surface area contributed by atoms with Crippen LogP contribution in [0.1, 0.15) is 52.6 Å². The number of anilines is 1. The second-order valence-electron chi connectivity index (χ2n) is 14.3. The van der Waals surface area contributed by atoms with Gasteiger partial charge in [-0.1, -0.05) is 127 Å². The molecule has 6 aromatic rings. The molecule has 6 N–H and O–H groups in total. The zero-order valence-electron chi connectivity index (χ0n) is 32.9. The minimum Gasteiger partial charge on any atom is -0.497 e. The number of rotatable bonds is 20. The third-order valence-electron chi connectivity index (χ3n) is 10.2. The van der Waals surface area contributed by atoms with Gasteiger partial charge in [0.15, 0.2) is 0 Å². The Bertz CT molecular complexity index is 2110. The summed E-state index contributed by atoms with van der Waals surface area (Å²) in [4.78, 5) is 27.3. The predicted octanol–water partition coefficient (Wildman–Crippen LogP) is 7.51. The van der Waals surface area contributed by atoms with Crippen LogP contribution in [0.3, 0.4) is 0 Å². The van der Waals surface area contributed by atoms with Crippen LogP contribution in [0.5, 0.6) is 11.5 Å². The number of amides is 2. The monoisotopic (exact) mass is 776 g/mol. The average Bonchev–Trinajstić information content (AvgIpc) is 3.28. The van der Waals surface area contributed by atoms with E-state index in [0.717, 1.165) is 44.9 Å². The van der Waals surface area contributed by atoms with E-state index in [0.29, 0.717) is 38.1 Å². The zero-order chi connectivity index (χ0) is 40.6. The predicted molar refractivity (Wildman–Crippen MR) is 229 cm³/mol. The van der Waals surface area contributed by atoms with E-state index in [9.17, 15) is 14.7 Å². The van der Waals surface area contributed by atoms with Crippen molar-refractivity contribution in [3.05, 3.63) is 197 Å². The summed E-state index contributed by atoms with van der Waals surface area (Å²) in [5.74, 6) is 0.741. The van der Waals surface area contributed by atoms with Crippen molar-refractivity contribution in [2.45, 2.75) is 56.5 Å². The van der Waals surface area contributed by atoms with Crippen molar-refractivity contribution in [2.75, 3.05) is 19.0 Å². The molecule has 0 fully saturated rings. The lowest BCUT2D eigenvalue weighted by atomic mass is 9.77. The minimum atomic E-state index is -0.876. The summed E-state index contributed by atoms with van der Waals surface area (Å²) in [6.07, 6.45) is 2.03. The van der Waals surface area contributed by atoms with E-state index >= 15 is 0 Å². The van der Waals surface area contributed by atoms with Crippen molar-refractivity contribution in [2.24, 2.45) is 5.73 Å². The summed E-state index contributed by atoms with van der Waals surface area (Å²) in [6, 6.07) is 51.6. The maximum atomic E-state index is 13.8. The van der Waals surface area contributed by atoms with Crippen molar-refractivity contribution in [3.8, 4) is 11.5 Å². The van der Waals surface area contributed by atoms with Gasteiger partial charge in [-0.25, -0.2) is 0 Å². The Morgan fingerprint density at radius 3 is 1.78 bits per heavy atom. The highest BCUT2D eigenvalue weighted by atomic mass is 16.5. The van der Waals surface area contributed by atoms with E-state index in [1.54, 1.807) is 31.4 Å². The number of nitrogens with one attached hydrogen (secondary N) is 3. The molecule has 0 aromatic heterocycles. The summed E-state index contributed by atoms with van der Waals surface area (Å²) in [5.41, 5.74) is 12.3. The molecule has 0 spiro atoms. The number of benzene rings is 6. The van der Waals surface area contributed by atoms with Crippen LogP contribution < -0.4 is 31.2 Å². The number of nitrogens with two attached hydrogens (primary N) is 1. The number of aliphatic hydroxyl groups is 1. The number of unbranched alkanes of at least 4 members (excludes halogenated alkanes) is 1. The minimum absolute atomic E-state index is 0.101. The number of hydrogen-bond donors (Lipinski definition) is 5. The van der Waals surface area contributed by atoms with E-state index in [4.69, 9.17) is 15.2 Å². The van der Waals surface area contributed by atoms with Crippen LogP contribution in [0.2, 0.25) is 0 Å². The molecule has 9 nitrogen and oxygen atoms in total. The highest BCUT2D eigenvalue weighted by Crippen LogP contribution is 2.37. The molecule has 0 bridgehead atoms. The molecule has 0 aliphatic rings. The van der Waals surface area contributed by atoms with Gasteiger partial charge in [0.2, 0.25) is 11.8 Å². The average molecular weight is 777 g/mol. The number of carbonyl (C=O) groups is 2. The summed E-state index contributed by atoms with van der Waals surface area (Å²) >= 11 is 0. The van der Waals surface area contributed by atoms with Gasteiger partial charge in [0.05, 0.1) is 25.3 Å². The molecule has 9 heteroatoms. The third kappa shape index (κ3) is 11.0. The van der Waals surface area contributed by atoms with Crippen LogP contribution in [0.15, 0.2) is 164 Å². The van der Waals surface area contributed by atoms with Gasteiger partial charge in [-0.2, -0.15) is 0 Å². The Kier molecular flexibility index (Phi) is 14.8. The second-order valence-corrected chi connectivity index (χ2v) is 14.3. The molecule has 0 saturated heterocycles. The van der Waals surface area contributed by atoms with Gasteiger partial charge in [0, 0.05) is 5.69 Å². The van der Waals surface area contributed by atoms with Gasteiger partial charge in [-0.15, -0.1) is 0 Å². The molecule has 2 atom stereocenters. The first-order valence-electron chi connectivity index (χ1n) is 19.7. The van der Waals surface area contributed by atoms with E-state index in [2.05, 4.69) is 52.3 Å². The highest BCUT2D eigenvalue weighted by Gasteiger charge is 2.36. The van der Waals surface area contributed by atoms with Gasteiger partial charge in [0.1, 0.15) is 24.1 Å². The van der Waals surface area contributed by atoms with Gasteiger partial charge >= 0.3 is 0 Å². The first-order valence-corrected chi connectivity index (χ1v) is 19.7. The maximum absolute atomic E-state index is 13.8. The van der Waals surface area contributed by atoms with E-state index in [-0.39, 0.29) is 18.9 Å². The smallest absolute Gasteiger partial charge is 0.246 e. The van der Waals surface area contributed by atoms with Crippen molar-refractivity contribution in [3.63, 3.8) is 0 Å². The second kappa shape index (κ2) is 20.8. The molecule has 0 heterocycles. The van der Waals surface area contributed by atoms with Crippen LogP contribution in [0.4, 0.5) is 5.69 Å². The Morgan fingerprint density at radius 1 is 0.638 bits per heavy atom. The van der Waals surface area contributed by atoms with E-state index in [1.807, 2.05) is 103 Å². The SMILES string of the molecule is COc1ccc(C(NCCCC[C@H](NC(=O)[C@@H](N)Cc2ccc(OCc3ccccc3)cc2)C(=O)Nc2ccc(CO)cc2)(c2ccccc2)c2ccccc2)cc1. The normalized spacial score (nSPS) is 12.3. The summed E-state index contributed by atoms with van der Waals surface area (Å²) in [6.45, 7) is 0.971. The van der Waals surface area contributed by atoms with Crippen LogP contribution in [0, 0.1) is 0 Å². The van der Waals surface area contributed by atoms with Gasteiger partial charge in [-0.05, 0) is 102 Å². The molecule has 2 amide bonds. The van der Waals surface area contributed by atoms with Crippen molar-refractivity contribution < 1.29 is 24.2 Å². The van der Waals surface area contributed by atoms with Crippen molar-refractivity contribution in [1.29, 1.82) is 0 Å². The molecule has 298 valence electrons. The molecular formula is C49H52N4O5. The lowest BCUT2D eigenvalue weighted by Crippen LogP contribution is -2.50. The van der Waals surface area contributed by atoms with Gasteiger partial charge in [-0.3, -0.25) is 14.9 Å². The van der Waals surface area contributed by atoms with E-state index in [1.165, 1.54) is 0 Å². The Morgan fingerprint density at radius 2 is 1.19 bits per heavy atom. The number of hydrogen-bond acceptors (Lipinski definition) is 7. The fourth-order valence-corrected chi connectivity index (χ4v) is 7.05. The van der Waals surface area contributed by atoms with Crippen LogP contribution in [-0.4, -0.2) is 42.7 Å². The summed E-state index contributed by atoms with van der Waals surface area (Å²) in [7, 11) is 1.66. The quantitative estimate of drug-likeness (QED) is 0.0400. The molecule has 58 heavy (non-hydrogen) atoms. The van der Waals surface area contributed by atoms with Gasteiger partial charge < -0.3 is 30.9 Å². The lowest BCUT2D eigenvalue weighted by Gasteiger charge is -2.37. The maximum Gasteiger partial charge on any atom is 0.246 e. The van der Waals surface area contributed by atoms with Crippen molar-refractivity contribution >= 4 is 17.5 Å². The van der Waals surface area contributed by atoms with Crippen LogP contribution in [0.25, 0.3) is 0 Å². The molecule has 0 radical (unpaired) electrons. The number of aliphatic hydroxyl groups excluding tert-OH is 1. The fourth-order valence-electron chi connectivity index (χ4n) is 7.05. The third-order valence-corrected chi connectivity index (χ3v) is 10.2. The number of methoxy groups -OCH3 is 1. The Hall–Kier alpha value is -6.26. The Balaban J connectivity index is 1.13. The summed E-state index contributed by atoms with van der Waals surface area (Å²) in [5, 5.41) is 19.3. The van der Waals surface area contributed by atoms with Crippen LogP contribution >= 0.6 is 0 Å². The van der Waals surface area contributed by atoms with Gasteiger partial charge in [0.25, 0.3) is 0 Å². The van der Waals surface area contributed by atoms with E-state index < -0.39 is 23.5 Å². The fraction of sp³-hybridized carbons (Fsp3) is 0.224. The first-order chi connectivity index (χ1) is 28.4. The molecule has 0 saturated carbocycles. The largest absolute Gasteiger partial charge is 0.497 e. The van der Waals surface area contributed by atoms with Crippen LogP contribution in [-0.2, 0) is 34.8 Å². The van der Waals surface area contributed by atoms with Crippen molar-refractivity contribution in [1.82, 2.24) is 10.6 Å². The number of carbonyl (C=O) groups excluding carboxylic acids is 2. The Labute approximate surface area is 341 Å². The molecule has 0 aliphatic heterocycles.